The van der Waals surface area contributed by atoms with E-state index in [0.717, 1.165) is 6.42 Å². The number of carboxylic acids is 1. The molecule has 52 heavy (non-hydrogen) atoms. The first-order valence-corrected chi connectivity index (χ1v) is 17.8. The highest BCUT2D eigenvalue weighted by molar-refractivity contribution is 7.07. The standard InChI is InChI=1S/C33H39ClN8O9S/c1-5-32(48)21(50-26(23(32)43)42-16-36-22-24(38-28(34)40-25(22)42)39-30(47)51-31(2,3)4)14-49-33(27(44)45,20-15-52-17-37-20)13-18-7-9-19(10-8-18)41-12-6-11-35-29(41)46/h7-10,15-17,21,23,26,43,48H,5-6,11-14H2,1-4H3,(H,35,46)(H,44,45)(H,38,39,40,47)/t21-,23+,26-,32-,33?/m1/s1. The molecule has 2 aliphatic rings. The van der Waals surface area contributed by atoms with Gasteiger partial charge in [-0.1, -0.05) is 19.1 Å². The minimum atomic E-state index is -2.02. The molecule has 0 spiro atoms. The van der Waals surface area contributed by atoms with Gasteiger partial charge in [0.05, 0.1) is 24.1 Å². The number of rotatable bonds is 11. The summed E-state index contributed by atoms with van der Waals surface area (Å²) >= 11 is 7.41. The molecule has 1 aromatic carbocycles. The van der Waals surface area contributed by atoms with Gasteiger partial charge in [0, 0.05) is 30.6 Å². The number of amides is 3. The van der Waals surface area contributed by atoms with E-state index in [1.54, 1.807) is 62.2 Å². The van der Waals surface area contributed by atoms with E-state index in [2.05, 4.69) is 30.6 Å². The van der Waals surface area contributed by atoms with Crippen LogP contribution in [0.25, 0.3) is 11.2 Å². The Morgan fingerprint density at radius 2 is 1.96 bits per heavy atom. The van der Waals surface area contributed by atoms with Gasteiger partial charge in [-0.25, -0.2) is 24.4 Å². The van der Waals surface area contributed by atoms with Crippen LogP contribution in [0.1, 0.15) is 58.0 Å². The molecular weight excluding hydrogens is 720 g/mol. The topological polar surface area (TPSA) is 223 Å². The molecule has 5 N–H and O–H groups in total. The Morgan fingerprint density at radius 1 is 1.21 bits per heavy atom. The molecule has 0 saturated carbocycles. The predicted molar refractivity (Wildman–Crippen MR) is 188 cm³/mol. The highest BCUT2D eigenvalue weighted by Gasteiger charge is 2.56. The number of aliphatic hydroxyl groups is 2. The van der Waals surface area contributed by atoms with Gasteiger partial charge in [-0.3, -0.25) is 14.8 Å². The van der Waals surface area contributed by atoms with Crippen LogP contribution >= 0.6 is 22.9 Å². The molecule has 6 rings (SSSR count). The highest BCUT2D eigenvalue weighted by Crippen LogP contribution is 2.42. The quantitative estimate of drug-likeness (QED) is 0.137. The zero-order valence-corrected chi connectivity index (χ0v) is 30.3. The average Bonchev–Trinajstić information content (AvgIpc) is 3.83. The van der Waals surface area contributed by atoms with Crippen LogP contribution in [0.2, 0.25) is 5.28 Å². The monoisotopic (exact) mass is 758 g/mol. The van der Waals surface area contributed by atoms with Crippen molar-refractivity contribution in [3.05, 3.63) is 58.0 Å². The first-order valence-electron chi connectivity index (χ1n) is 16.5. The third-order valence-corrected chi connectivity index (χ3v) is 9.71. The maximum absolute atomic E-state index is 13.1. The number of nitrogens with one attached hydrogen (secondary N) is 2. The summed E-state index contributed by atoms with van der Waals surface area (Å²) in [6, 6.07) is 6.72. The zero-order valence-electron chi connectivity index (χ0n) is 28.8. The second-order valence-electron chi connectivity index (χ2n) is 13.5. The van der Waals surface area contributed by atoms with E-state index in [4.69, 9.17) is 25.8 Å². The number of carbonyl (C=O) groups excluding carboxylic acids is 2. The molecule has 2 aliphatic heterocycles. The number of ether oxygens (including phenoxy) is 3. The molecule has 1 unspecified atom stereocenters. The zero-order chi connectivity index (χ0) is 37.4. The lowest BCUT2D eigenvalue weighted by Gasteiger charge is -2.34. The summed E-state index contributed by atoms with van der Waals surface area (Å²) in [5, 5.41) is 40.7. The average molecular weight is 759 g/mol. The largest absolute Gasteiger partial charge is 0.479 e. The molecule has 3 aromatic heterocycles. The van der Waals surface area contributed by atoms with Crippen LogP contribution < -0.4 is 15.5 Å². The summed E-state index contributed by atoms with van der Waals surface area (Å²) in [5.41, 5.74) is -1.68. The molecule has 2 saturated heterocycles. The van der Waals surface area contributed by atoms with Crippen molar-refractivity contribution in [2.75, 3.05) is 29.9 Å². The number of hydrogen-bond donors (Lipinski definition) is 5. The van der Waals surface area contributed by atoms with E-state index in [1.165, 1.54) is 27.7 Å². The second kappa shape index (κ2) is 14.5. The van der Waals surface area contributed by atoms with E-state index in [-0.39, 0.29) is 46.8 Å². The number of carbonyl (C=O) groups is 3. The van der Waals surface area contributed by atoms with Crippen molar-refractivity contribution >= 4 is 63.7 Å². The minimum absolute atomic E-state index is 0.00513. The van der Waals surface area contributed by atoms with Gasteiger partial charge < -0.3 is 34.8 Å². The van der Waals surface area contributed by atoms with Gasteiger partial charge in [0.15, 0.2) is 23.2 Å². The van der Waals surface area contributed by atoms with Crippen LogP contribution in [0.15, 0.2) is 41.5 Å². The Bertz CT molecular complexity index is 1940. The van der Waals surface area contributed by atoms with Gasteiger partial charge in [-0.2, -0.15) is 9.97 Å². The van der Waals surface area contributed by atoms with E-state index in [9.17, 15) is 29.7 Å². The first kappa shape index (κ1) is 37.3. The van der Waals surface area contributed by atoms with Crippen molar-refractivity contribution in [2.24, 2.45) is 0 Å². The van der Waals surface area contributed by atoms with Crippen LogP contribution in [-0.2, 0) is 31.0 Å². The van der Waals surface area contributed by atoms with Crippen LogP contribution in [0.5, 0.6) is 0 Å². The van der Waals surface area contributed by atoms with Crippen molar-refractivity contribution in [3.63, 3.8) is 0 Å². The number of anilines is 2. The Kier molecular flexibility index (Phi) is 10.4. The minimum Gasteiger partial charge on any atom is -0.479 e. The lowest BCUT2D eigenvalue weighted by Crippen LogP contribution is -2.51. The molecule has 17 nitrogen and oxygen atoms in total. The van der Waals surface area contributed by atoms with Gasteiger partial charge in [0.1, 0.15) is 23.4 Å². The summed E-state index contributed by atoms with van der Waals surface area (Å²) in [6.07, 6.45) is -2.99. The Labute approximate surface area is 306 Å². The number of aromatic nitrogens is 5. The lowest BCUT2D eigenvalue weighted by atomic mass is 9.88. The number of imidazole rings is 1. The number of halogens is 1. The van der Waals surface area contributed by atoms with Gasteiger partial charge >= 0.3 is 18.1 Å². The Balaban J connectivity index is 1.27. The number of aliphatic carboxylic acids is 1. The van der Waals surface area contributed by atoms with E-state index in [1.807, 2.05) is 0 Å². The smallest absolute Gasteiger partial charge is 0.413 e. The van der Waals surface area contributed by atoms with Crippen molar-refractivity contribution in [2.45, 2.75) is 82.2 Å². The number of benzene rings is 1. The third-order valence-electron chi connectivity index (χ3n) is 8.95. The number of nitrogens with zero attached hydrogens (tertiary/aromatic N) is 6. The number of thiazole rings is 1. The first-order chi connectivity index (χ1) is 24.6. The molecule has 3 amide bonds. The lowest BCUT2D eigenvalue weighted by molar-refractivity contribution is -0.182. The second-order valence-corrected chi connectivity index (χ2v) is 14.6. The fraction of sp³-hybridized carbons (Fsp3) is 0.485. The van der Waals surface area contributed by atoms with Crippen molar-refractivity contribution < 1.29 is 43.9 Å². The fourth-order valence-electron chi connectivity index (χ4n) is 6.25. The summed E-state index contributed by atoms with van der Waals surface area (Å²) in [5.74, 6) is -1.38. The molecule has 4 aromatic rings. The van der Waals surface area contributed by atoms with Crippen LogP contribution in [-0.4, -0.2) is 101 Å². The van der Waals surface area contributed by atoms with E-state index >= 15 is 0 Å². The number of carboxylic acid groups (broad SMARTS) is 1. The molecule has 0 radical (unpaired) electrons. The molecule has 0 bridgehead atoms. The molecule has 278 valence electrons. The molecule has 19 heteroatoms. The molecule has 0 aliphatic carbocycles. The van der Waals surface area contributed by atoms with Gasteiger partial charge in [-0.05, 0) is 62.9 Å². The summed E-state index contributed by atoms with van der Waals surface area (Å²) in [4.78, 5) is 56.5. The number of fused-ring (bicyclic) bond motifs is 1. The maximum Gasteiger partial charge on any atom is 0.413 e. The van der Waals surface area contributed by atoms with Crippen molar-refractivity contribution in [1.82, 2.24) is 29.8 Å². The fourth-order valence-corrected chi connectivity index (χ4v) is 7.03. The molecular formula is C33H39ClN8O9S. The number of hydrogen-bond acceptors (Lipinski definition) is 13. The molecule has 5 atom stereocenters. The number of aliphatic hydroxyl groups excluding tert-OH is 1. The number of urea groups is 1. The summed E-state index contributed by atoms with van der Waals surface area (Å²) in [7, 11) is 0. The molecule has 5 heterocycles. The SMILES string of the molecule is CC[C@@]1(O)[C@@H](COC(Cc2ccc(N3CCCNC3=O)cc2)(C(=O)O)c2cscn2)O[C@@H](n2cnc3c(NC(=O)OC(C)(C)C)nc(Cl)nc32)[C@@H]1O. The molecule has 2 fully saturated rings. The summed E-state index contributed by atoms with van der Waals surface area (Å²) in [6.45, 7) is 7.43. The van der Waals surface area contributed by atoms with Crippen LogP contribution in [0, 0.1) is 0 Å². The van der Waals surface area contributed by atoms with Crippen molar-refractivity contribution in [3.8, 4) is 0 Å². The Hall–Kier alpha value is -4.46. The summed E-state index contributed by atoms with van der Waals surface area (Å²) < 4.78 is 19.1. The third kappa shape index (κ3) is 7.26. The predicted octanol–water partition coefficient (Wildman–Crippen LogP) is 3.84. The van der Waals surface area contributed by atoms with Crippen LogP contribution in [0.4, 0.5) is 21.1 Å². The Morgan fingerprint density at radius 3 is 2.60 bits per heavy atom. The van der Waals surface area contributed by atoms with E-state index in [0.29, 0.717) is 24.3 Å². The maximum atomic E-state index is 13.1. The normalized spacial score (nSPS) is 23.3. The highest BCUT2D eigenvalue weighted by atomic mass is 35.5. The van der Waals surface area contributed by atoms with Gasteiger partial charge in [0.25, 0.3) is 0 Å². The van der Waals surface area contributed by atoms with Gasteiger partial charge in [0.2, 0.25) is 10.9 Å². The van der Waals surface area contributed by atoms with Gasteiger partial charge in [-0.15, -0.1) is 11.3 Å². The van der Waals surface area contributed by atoms with Crippen molar-refractivity contribution in [1.29, 1.82) is 0 Å². The van der Waals surface area contributed by atoms with Crippen LogP contribution in [0.3, 0.4) is 0 Å². The van der Waals surface area contributed by atoms with E-state index < -0.39 is 53.9 Å².